The topological polar surface area (TPSA) is 25.4 Å². The summed E-state index contributed by atoms with van der Waals surface area (Å²) >= 11 is 0. The largest absolute Gasteiger partial charge is 0.270 e. The summed E-state index contributed by atoms with van der Waals surface area (Å²) in [5.41, 5.74) is 2.84. The molecule has 1 heterocycles. The second kappa shape index (κ2) is 6.53. The summed E-state index contributed by atoms with van der Waals surface area (Å²) in [5.74, 6) is 0. The van der Waals surface area contributed by atoms with E-state index in [1.165, 1.54) is 0 Å². The first kappa shape index (κ1) is 14.5. The van der Waals surface area contributed by atoms with E-state index in [1.54, 1.807) is 6.20 Å². The lowest BCUT2D eigenvalue weighted by Crippen LogP contribution is -2.34. The lowest BCUT2D eigenvalue weighted by Gasteiger charge is -2.30. The minimum atomic E-state index is 0.116. The van der Waals surface area contributed by atoms with Crippen LogP contribution in [-0.2, 0) is 4.84 Å². The zero-order chi connectivity index (χ0) is 14.5. The quantitative estimate of drug-likeness (QED) is 0.764. The number of aromatic nitrogens is 1. The van der Waals surface area contributed by atoms with Gasteiger partial charge in [0, 0.05) is 11.8 Å². The molecule has 1 aromatic carbocycles. The maximum absolute atomic E-state index is 5.94. The molecule has 0 aliphatic carbocycles. The van der Waals surface area contributed by atoms with Crippen molar-refractivity contribution in [2.75, 3.05) is 5.06 Å². The van der Waals surface area contributed by atoms with E-state index in [9.17, 15) is 0 Å². The van der Waals surface area contributed by atoms with Crippen molar-refractivity contribution in [3.63, 3.8) is 0 Å². The SMILES string of the molecule is CC(C)ON(c1cccnc1-c1[c]cccc1)C(C)C. The Hall–Kier alpha value is -1.87. The molecule has 0 fully saturated rings. The number of anilines is 1. The highest BCUT2D eigenvalue weighted by molar-refractivity contribution is 5.73. The van der Waals surface area contributed by atoms with E-state index < -0.39 is 0 Å². The smallest absolute Gasteiger partial charge is 0.0965 e. The molecule has 0 unspecified atom stereocenters. The molecule has 0 saturated heterocycles. The fraction of sp³-hybridized carbons (Fsp3) is 0.353. The van der Waals surface area contributed by atoms with Gasteiger partial charge in [0.15, 0.2) is 0 Å². The van der Waals surface area contributed by atoms with E-state index in [2.05, 4.69) is 24.9 Å². The molecule has 105 valence electrons. The molecule has 0 bridgehead atoms. The molecule has 3 heteroatoms. The third kappa shape index (κ3) is 3.36. The molecule has 0 saturated carbocycles. The van der Waals surface area contributed by atoms with E-state index in [1.807, 2.05) is 55.3 Å². The summed E-state index contributed by atoms with van der Waals surface area (Å²) in [4.78, 5) is 10.4. The van der Waals surface area contributed by atoms with Gasteiger partial charge in [-0.15, -0.1) is 0 Å². The van der Waals surface area contributed by atoms with Gasteiger partial charge in [-0.05, 0) is 45.9 Å². The zero-order valence-electron chi connectivity index (χ0n) is 12.5. The fourth-order valence-corrected chi connectivity index (χ4v) is 2.01. The van der Waals surface area contributed by atoms with Crippen molar-refractivity contribution in [3.8, 4) is 11.3 Å². The lowest BCUT2D eigenvalue weighted by molar-refractivity contribution is 0.0438. The predicted octanol–water partition coefficient (Wildman–Crippen LogP) is 4.10. The maximum atomic E-state index is 5.94. The molecule has 0 amide bonds. The van der Waals surface area contributed by atoms with Gasteiger partial charge in [0.05, 0.1) is 23.5 Å². The van der Waals surface area contributed by atoms with E-state index in [4.69, 9.17) is 4.84 Å². The number of hydrogen-bond acceptors (Lipinski definition) is 3. The van der Waals surface area contributed by atoms with Crippen LogP contribution >= 0.6 is 0 Å². The van der Waals surface area contributed by atoms with Gasteiger partial charge in [-0.2, -0.15) is 0 Å². The summed E-state index contributed by atoms with van der Waals surface area (Å²) in [7, 11) is 0. The van der Waals surface area contributed by atoms with E-state index in [0.717, 1.165) is 16.9 Å². The van der Waals surface area contributed by atoms with Gasteiger partial charge >= 0.3 is 0 Å². The number of pyridine rings is 1. The fourth-order valence-electron chi connectivity index (χ4n) is 2.01. The molecule has 0 N–H and O–H groups in total. The number of hydroxylamine groups is 1. The van der Waals surface area contributed by atoms with Crippen LogP contribution < -0.4 is 5.06 Å². The first-order valence-corrected chi connectivity index (χ1v) is 6.97. The second-order valence-corrected chi connectivity index (χ2v) is 5.22. The Kier molecular flexibility index (Phi) is 4.74. The van der Waals surface area contributed by atoms with Crippen LogP contribution in [0.1, 0.15) is 27.7 Å². The van der Waals surface area contributed by atoms with Crippen molar-refractivity contribution in [3.05, 3.63) is 48.7 Å². The standard InChI is InChI=1S/C17H21N2O/c1-13(2)19(20-14(3)4)16-11-8-12-18-17(16)15-9-6-5-7-10-15/h5-9,11-14H,1-4H3. The summed E-state index contributed by atoms with van der Waals surface area (Å²) in [6, 6.07) is 15.3. The Balaban J connectivity index is 2.45. The van der Waals surface area contributed by atoms with Crippen LogP contribution in [0.2, 0.25) is 0 Å². The Morgan fingerprint density at radius 2 is 1.90 bits per heavy atom. The highest BCUT2D eigenvalue weighted by atomic mass is 16.7. The van der Waals surface area contributed by atoms with Crippen molar-refractivity contribution >= 4 is 5.69 Å². The third-order valence-corrected chi connectivity index (χ3v) is 2.78. The van der Waals surface area contributed by atoms with Crippen LogP contribution in [0.4, 0.5) is 5.69 Å². The molecule has 0 atom stereocenters. The Labute approximate surface area is 121 Å². The summed E-state index contributed by atoms with van der Waals surface area (Å²) < 4.78 is 0. The van der Waals surface area contributed by atoms with Gasteiger partial charge in [0.25, 0.3) is 0 Å². The van der Waals surface area contributed by atoms with Gasteiger partial charge in [0.2, 0.25) is 0 Å². The molecule has 20 heavy (non-hydrogen) atoms. The van der Waals surface area contributed by atoms with Gasteiger partial charge in [-0.3, -0.25) is 9.82 Å². The van der Waals surface area contributed by atoms with E-state index in [-0.39, 0.29) is 12.1 Å². The molecule has 0 aliphatic rings. The maximum Gasteiger partial charge on any atom is 0.0965 e. The minimum Gasteiger partial charge on any atom is -0.270 e. The highest BCUT2D eigenvalue weighted by Crippen LogP contribution is 2.30. The molecular weight excluding hydrogens is 248 g/mol. The second-order valence-electron chi connectivity index (χ2n) is 5.22. The first-order valence-electron chi connectivity index (χ1n) is 6.97. The number of hydrogen-bond donors (Lipinski definition) is 0. The van der Waals surface area contributed by atoms with Gasteiger partial charge < -0.3 is 0 Å². The van der Waals surface area contributed by atoms with Crippen LogP contribution in [0.15, 0.2) is 42.6 Å². The molecule has 2 rings (SSSR count). The number of rotatable bonds is 5. The molecular formula is C17H21N2O. The van der Waals surface area contributed by atoms with Crippen molar-refractivity contribution in [2.45, 2.75) is 39.8 Å². The molecule has 2 aromatic rings. The van der Waals surface area contributed by atoms with Crippen LogP contribution in [-0.4, -0.2) is 17.1 Å². The highest BCUT2D eigenvalue weighted by Gasteiger charge is 2.18. The average molecular weight is 269 g/mol. The monoisotopic (exact) mass is 269 g/mol. The summed E-state index contributed by atoms with van der Waals surface area (Å²) in [5, 5.41) is 1.92. The number of benzene rings is 1. The third-order valence-electron chi connectivity index (χ3n) is 2.78. The average Bonchev–Trinajstić information content (AvgIpc) is 2.45. The summed E-state index contributed by atoms with van der Waals surface area (Å²) in [6.45, 7) is 8.27. The van der Waals surface area contributed by atoms with Gasteiger partial charge in [-0.25, -0.2) is 5.06 Å². The van der Waals surface area contributed by atoms with Crippen LogP contribution in [0.25, 0.3) is 11.3 Å². The molecule has 3 nitrogen and oxygen atoms in total. The van der Waals surface area contributed by atoms with Crippen LogP contribution in [0.5, 0.6) is 0 Å². The minimum absolute atomic E-state index is 0.116. The van der Waals surface area contributed by atoms with Gasteiger partial charge in [-0.1, -0.05) is 24.3 Å². The van der Waals surface area contributed by atoms with E-state index in [0.29, 0.717) is 0 Å². The van der Waals surface area contributed by atoms with Crippen molar-refractivity contribution in [1.29, 1.82) is 0 Å². The Bertz CT molecular complexity index is 538. The Morgan fingerprint density at radius 3 is 2.50 bits per heavy atom. The number of nitrogens with zero attached hydrogens (tertiary/aromatic N) is 2. The lowest BCUT2D eigenvalue weighted by atomic mass is 10.1. The normalized spacial score (nSPS) is 11.1. The molecule has 1 radical (unpaired) electrons. The summed E-state index contributed by atoms with van der Waals surface area (Å²) in [6.07, 6.45) is 1.92. The predicted molar refractivity (Wildman–Crippen MR) is 82.3 cm³/mol. The van der Waals surface area contributed by atoms with Gasteiger partial charge in [0.1, 0.15) is 0 Å². The zero-order valence-corrected chi connectivity index (χ0v) is 12.5. The Morgan fingerprint density at radius 1 is 1.10 bits per heavy atom. The van der Waals surface area contributed by atoms with Crippen LogP contribution in [0, 0.1) is 6.07 Å². The first-order chi connectivity index (χ1) is 9.59. The van der Waals surface area contributed by atoms with Crippen molar-refractivity contribution < 1.29 is 4.84 Å². The van der Waals surface area contributed by atoms with E-state index >= 15 is 0 Å². The molecule has 1 aromatic heterocycles. The molecule has 0 spiro atoms. The van der Waals surface area contributed by atoms with Crippen molar-refractivity contribution in [1.82, 2.24) is 4.98 Å². The van der Waals surface area contributed by atoms with Crippen LogP contribution in [0.3, 0.4) is 0 Å². The molecule has 0 aliphatic heterocycles. The van der Waals surface area contributed by atoms with Crippen molar-refractivity contribution in [2.24, 2.45) is 0 Å².